The van der Waals surface area contributed by atoms with Crippen molar-refractivity contribution < 1.29 is 29.7 Å². The van der Waals surface area contributed by atoms with Crippen molar-refractivity contribution in [2.45, 2.75) is 47.0 Å². The molecule has 32 heavy (non-hydrogen) atoms. The summed E-state index contributed by atoms with van der Waals surface area (Å²) < 4.78 is 0. The van der Waals surface area contributed by atoms with Crippen molar-refractivity contribution in [1.29, 1.82) is 0 Å². The standard InChI is InChI=1S/C20H40N4O6.C2H6/c1-4-6-8-23(16-19(27)28)13-14-24(17-20(29)30)10-7-9-22(5-2)12-11-21(3)15-18(25)26;1-2/h4-17H2,1-3H3,(H,25,26)(H,27,28)(H,29,30);1-2H3. The first-order chi connectivity index (χ1) is 15.2. The highest BCUT2D eigenvalue weighted by molar-refractivity contribution is 5.69. The lowest BCUT2D eigenvalue weighted by molar-refractivity contribution is -0.140. The molecule has 0 unspecified atom stereocenters. The smallest absolute Gasteiger partial charge is 0.317 e. The molecule has 0 atom stereocenters. The fraction of sp³-hybridized carbons (Fsp3) is 0.864. The van der Waals surface area contributed by atoms with Gasteiger partial charge in [0, 0.05) is 32.7 Å². The molecule has 0 aliphatic heterocycles. The fourth-order valence-electron chi connectivity index (χ4n) is 3.16. The number of hydrogen-bond acceptors (Lipinski definition) is 7. The minimum absolute atomic E-state index is 0.00875. The molecular weight excluding hydrogens is 416 g/mol. The van der Waals surface area contributed by atoms with Crippen LogP contribution in [0, 0.1) is 0 Å². The molecule has 10 nitrogen and oxygen atoms in total. The number of nitrogens with zero attached hydrogens (tertiary/aromatic N) is 4. The summed E-state index contributed by atoms with van der Waals surface area (Å²) in [6.07, 6.45) is 2.68. The van der Waals surface area contributed by atoms with E-state index in [-0.39, 0.29) is 19.6 Å². The summed E-state index contributed by atoms with van der Waals surface area (Å²) >= 11 is 0. The van der Waals surface area contributed by atoms with Gasteiger partial charge in [-0.2, -0.15) is 0 Å². The lowest BCUT2D eigenvalue weighted by Gasteiger charge is -2.27. The third-order valence-electron chi connectivity index (χ3n) is 4.88. The number of aliphatic carboxylic acids is 3. The van der Waals surface area contributed by atoms with Gasteiger partial charge in [-0.1, -0.05) is 34.1 Å². The van der Waals surface area contributed by atoms with E-state index in [0.717, 1.165) is 38.9 Å². The predicted octanol–water partition coefficient (Wildman–Crippen LogP) is 1.31. The highest BCUT2D eigenvalue weighted by Crippen LogP contribution is 2.00. The van der Waals surface area contributed by atoms with Crippen molar-refractivity contribution in [3.05, 3.63) is 0 Å². The number of carbonyl (C=O) groups is 3. The average molecular weight is 463 g/mol. The topological polar surface area (TPSA) is 125 Å². The van der Waals surface area contributed by atoms with Crippen molar-refractivity contribution in [1.82, 2.24) is 19.6 Å². The van der Waals surface area contributed by atoms with Gasteiger partial charge >= 0.3 is 17.9 Å². The van der Waals surface area contributed by atoms with Gasteiger partial charge in [-0.3, -0.25) is 29.1 Å². The van der Waals surface area contributed by atoms with Crippen LogP contribution >= 0.6 is 0 Å². The molecule has 0 fully saturated rings. The summed E-state index contributed by atoms with van der Waals surface area (Å²) in [6, 6.07) is 0. The Morgan fingerprint density at radius 1 is 0.594 bits per heavy atom. The molecule has 0 aromatic heterocycles. The second-order valence-electron chi connectivity index (χ2n) is 7.61. The van der Waals surface area contributed by atoms with Crippen LogP contribution in [0.15, 0.2) is 0 Å². The molecule has 0 spiro atoms. The number of unbranched alkanes of at least 4 members (excludes halogenated alkanes) is 1. The van der Waals surface area contributed by atoms with Crippen molar-refractivity contribution in [3.63, 3.8) is 0 Å². The van der Waals surface area contributed by atoms with Gasteiger partial charge in [-0.15, -0.1) is 0 Å². The molecule has 0 aromatic rings. The van der Waals surface area contributed by atoms with Gasteiger partial charge in [0.2, 0.25) is 0 Å². The molecular formula is C22H46N4O6. The summed E-state index contributed by atoms with van der Waals surface area (Å²) in [5.74, 6) is -2.61. The minimum atomic E-state index is -0.893. The molecule has 0 amide bonds. The zero-order valence-electron chi connectivity index (χ0n) is 20.8. The second-order valence-corrected chi connectivity index (χ2v) is 7.61. The van der Waals surface area contributed by atoms with E-state index in [0.29, 0.717) is 32.7 Å². The number of carboxylic acid groups (broad SMARTS) is 3. The van der Waals surface area contributed by atoms with Crippen LogP contribution in [0.3, 0.4) is 0 Å². The van der Waals surface area contributed by atoms with Gasteiger partial charge in [-0.05, 0) is 39.5 Å². The lowest BCUT2D eigenvalue weighted by atomic mass is 10.3. The van der Waals surface area contributed by atoms with Crippen molar-refractivity contribution >= 4 is 17.9 Å². The van der Waals surface area contributed by atoms with E-state index in [9.17, 15) is 19.5 Å². The normalized spacial score (nSPS) is 11.2. The van der Waals surface area contributed by atoms with Gasteiger partial charge in [0.05, 0.1) is 19.6 Å². The maximum Gasteiger partial charge on any atom is 0.317 e. The number of likely N-dealkylation sites (N-methyl/N-ethyl adjacent to an activating group) is 2. The first-order valence-electron chi connectivity index (χ1n) is 11.7. The Morgan fingerprint density at radius 2 is 1.00 bits per heavy atom. The molecule has 0 aromatic carbocycles. The molecule has 0 saturated heterocycles. The Hall–Kier alpha value is -1.75. The summed E-state index contributed by atoms with van der Waals surface area (Å²) in [5.41, 5.74) is 0. The first kappa shape index (κ1) is 32.4. The van der Waals surface area contributed by atoms with Gasteiger partial charge in [0.25, 0.3) is 0 Å². The zero-order valence-corrected chi connectivity index (χ0v) is 20.8. The van der Waals surface area contributed by atoms with Crippen molar-refractivity contribution in [3.8, 4) is 0 Å². The van der Waals surface area contributed by atoms with E-state index in [1.807, 2.05) is 30.6 Å². The number of carboxylic acids is 3. The highest BCUT2D eigenvalue weighted by Gasteiger charge is 2.15. The highest BCUT2D eigenvalue weighted by atomic mass is 16.4. The van der Waals surface area contributed by atoms with Gasteiger partial charge < -0.3 is 20.2 Å². The number of rotatable bonds is 20. The minimum Gasteiger partial charge on any atom is -0.480 e. The molecule has 0 bridgehead atoms. The largest absolute Gasteiger partial charge is 0.480 e. The van der Waals surface area contributed by atoms with Crippen LogP contribution in [0.1, 0.15) is 47.0 Å². The van der Waals surface area contributed by atoms with E-state index in [1.165, 1.54) is 0 Å². The van der Waals surface area contributed by atoms with Crippen molar-refractivity contribution in [2.75, 3.05) is 79.0 Å². The maximum absolute atomic E-state index is 11.2. The lowest BCUT2D eigenvalue weighted by Crippen LogP contribution is -2.41. The molecule has 0 heterocycles. The summed E-state index contributed by atoms with van der Waals surface area (Å²) in [7, 11) is 1.78. The molecule has 0 saturated carbocycles. The van der Waals surface area contributed by atoms with E-state index in [2.05, 4.69) is 11.8 Å². The molecule has 0 aliphatic carbocycles. The van der Waals surface area contributed by atoms with Gasteiger partial charge in [0.1, 0.15) is 0 Å². The molecule has 0 aliphatic rings. The Labute approximate surface area is 193 Å². The monoisotopic (exact) mass is 462 g/mol. The summed E-state index contributed by atoms with van der Waals surface area (Å²) in [6.45, 7) is 13.4. The van der Waals surface area contributed by atoms with Crippen LogP contribution in [0.2, 0.25) is 0 Å². The summed E-state index contributed by atoms with van der Waals surface area (Å²) in [4.78, 5) is 40.7. The van der Waals surface area contributed by atoms with Crippen LogP contribution in [0.4, 0.5) is 0 Å². The number of hydrogen-bond donors (Lipinski definition) is 3. The van der Waals surface area contributed by atoms with Crippen LogP contribution < -0.4 is 0 Å². The van der Waals surface area contributed by atoms with Gasteiger partial charge in [0.15, 0.2) is 0 Å². The first-order valence-corrected chi connectivity index (χ1v) is 11.7. The molecule has 3 N–H and O–H groups in total. The SMILES string of the molecule is CC.CCCCN(CCN(CCCN(CC)CCN(C)CC(=O)O)CC(=O)O)CC(=O)O. The Balaban J connectivity index is 0. The maximum atomic E-state index is 11.2. The van der Waals surface area contributed by atoms with E-state index >= 15 is 0 Å². The molecule has 190 valence electrons. The van der Waals surface area contributed by atoms with Crippen molar-refractivity contribution in [2.24, 2.45) is 0 Å². The van der Waals surface area contributed by atoms with E-state index < -0.39 is 17.9 Å². The third kappa shape index (κ3) is 20.2. The Morgan fingerprint density at radius 3 is 1.41 bits per heavy atom. The molecule has 0 radical (unpaired) electrons. The van der Waals surface area contributed by atoms with Crippen LogP contribution in [0.25, 0.3) is 0 Å². The third-order valence-corrected chi connectivity index (χ3v) is 4.88. The van der Waals surface area contributed by atoms with Crippen LogP contribution in [-0.2, 0) is 14.4 Å². The summed E-state index contributed by atoms with van der Waals surface area (Å²) in [5, 5.41) is 27.1. The quantitative estimate of drug-likeness (QED) is 0.244. The van der Waals surface area contributed by atoms with Gasteiger partial charge in [-0.25, -0.2) is 0 Å². The zero-order chi connectivity index (χ0) is 24.9. The molecule has 0 rings (SSSR count). The van der Waals surface area contributed by atoms with Crippen LogP contribution in [-0.4, -0.2) is 132 Å². The average Bonchev–Trinajstić information content (AvgIpc) is 2.72. The van der Waals surface area contributed by atoms with E-state index in [4.69, 9.17) is 10.2 Å². The van der Waals surface area contributed by atoms with E-state index in [1.54, 1.807) is 11.9 Å². The predicted molar refractivity (Wildman–Crippen MR) is 126 cm³/mol. The fourth-order valence-corrected chi connectivity index (χ4v) is 3.16. The Kier molecular flexibility index (Phi) is 21.4. The Bertz CT molecular complexity index is 507. The second kappa shape index (κ2) is 21.1. The van der Waals surface area contributed by atoms with Crippen LogP contribution in [0.5, 0.6) is 0 Å². The molecule has 10 heteroatoms.